The molecule has 1 aromatic rings. The van der Waals surface area contributed by atoms with Crippen LogP contribution in [0.4, 0.5) is 10.5 Å². The number of nitrogens with one attached hydrogen (secondary N) is 1. The van der Waals surface area contributed by atoms with Crippen molar-refractivity contribution in [3.63, 3.8) is 0 Å². The number of alkyl carbamates (subject to hydrolysis) is 1. The molecule has 0 saturated carbocycles. The first-order chi connectivity index (χ1) is 14.7. The maximum absolute atomic E-state index is 12.5. The van der Waals surface area contributed by atoms with Gasteiger partial charge in [0.25, 0.3) is 0 Å². The van der Waals surface area contributed by atoms with E-state index in [9.17, 15) is 19.8 Å². The second kappa shape index (κ2) is 12.1. The average Bonchev–Trinajstić information content (AvgIpc) is 2.60. The molecule has 0 heterocycles. The van der Waals surface area contributed by atoms with Crippen molar-refractivity contribution in [1.82, 2.24) is 5.32 Å². The van der Waals surface area contributed by atoms with E-state index < -0.39 is 29.3 Å². The summed E-state index contributed by atoms with van der Waals surface area (Å²) < 4.78 is 10.8. The highest BCUT2D eigenvalue weighted by molar-refractivity contribution is 5.73. The Kier molecular flexibility index (Phi) is 10.4. The van der Waals surface area contributed by atoms with Crippen LogP contribution in [-0.4, -0.2) is 65.8 Å². The summed E-state index contributed by atoms with van der Waals surface area (Å²) in [6, 6.07) is 5.30. The Bertz CT molecular complexity index is 716. The van der Waals surface area contributed by atoms with Crippen LogP contribution in [-0.2, 0) is 20.7 Å². The lowest BCUT2D eigenvalue weighted by atomic mass is 9.98. The normalized spacial score (nSPS) is 12.8. The van der Waals surface area contributed by atoms with Crippen molar-refractivity contribution in [1.29, 1.82) is 0 Å². The molecule has 0 spiro atoms. The number of rotatable bonds is 10. The summed E-state index contributed by atoms with van der Waals surface area (Å²) in [6.07, 6.45) is -0.205. The smallest absolute Gasteiger partial charge is 0.407 e. The third-order valence-electron chi connectivity index (χ3n) is 4.46. The fraction of sp³-hybridized carbons (Fsp3) is 0.667. The van der Waals surface area contributed by atoms with Gasteiger partial charge in [-0.25, -0.2) is 4.79 Å². The maximum atomic E-state index is 12.5. The molecule has 3 N–H and O–H groups in total. The largest absolute Gasteiger partial charge is 0.460 e. The highest BCUT2D eigenvalue weighted by Gasteiger charge is 2.25. The van der Waals surface area contributed by atoms with E-state index >= 15 is 0 Å². The van der Waals surface area contributed by atoms with Crippen LogP contribution in [0.2, 0.25) is 0 Å². The second-order valence-corrected chi connectivity index (χ2v) is 9.88. The molecule has 0 unspecified atom stereocenters. The van der Waals surface area contributed by atoms with Crippen molar-refractivity contribution in [2.24, 2.45) is 0 Å². The van der Waals surface area contributed by atoms with Crippen LogP contribution in [0.25, 0.3) is 0 Å². The summed E-state index contributed by atoms with van der Waals surface area (Å²) in [7, 11) is 0. The number of carbonyl (C=O) groups is 2. The minimum Gasteiger partial charge on any atom is -0.460 e. The van der Waals surface area contributed by atoms with E-state index in [0.29, 0.717) is 19.5 Å². The molecule has 182 valence electrons. The van der Waals surface area contributed by atoms with Gasteiger partial charge in [0.2, 0.25) is 0 Å². The molecule has 0 radical (unpaired) electrons. The summed E-state index contributed by atoms with van der Waals surface area (Å²) in [4.78, 5) is 26.8. The molecular formula is C24H40N2O6. The lowest BCUT2D eigenvalue weighted by molar-refractivity contribution is -0.155. The second-order valence-electron chi connectivity index (χ2n) is 9.88. The van der Waals surface area contributed by atoms with E-state index in [1.165, 1.54) is 0 Å². The molecule has 8 nitrogen and oxygen atoms in total. The lowest BCUT2D eigenvalue weighted by Gasteiger charge is -2.27. The number of aliphatic hydroxyl groups is 2. The van der Waals surface area contributed by atoms with Gasteiger partial charge >= 0.3 is 12.1 Å². The summed E-state index contributed by atoms with van der Waals surface area (Å²) in [5, 5.41) is 21.5. The van der Waals surface area contributed by atoms with Gasteiger partial charge in [-0.2, -0.15) is 0 Å². The number of ether oxygens (including phenoxy) is 2. The van der Waals surface area contributed by atoms with Crippen molar-refractivity contribution in [3.8, 4) is 0 Å². The van der Waals surface area contributed by atoms with E-state index in [1.54, 1.807) is 41.5 Å². The number of amides is 1. The van der Waals surface area contributed by atoms with Gasteiger partial charge in [0, 0.05) is 24.8 Å². The molecule has 0 aliphatic heterocycles. The van der Waals surface area contributed by atoms with Gasteiger partial charge in [-0.1, -0.05) is 6.07 Å². The molecule has 0 saturated heterocycles. The summed E-state index contributed by atoms with van der Waals surface area (Å²) in [6.45, 7) is 13.4. The van der Waals surface area contributed by atoms with E-state index in [4.69, 9.17) is 9.47 Å². The van der Waals surface area contributed by atoms with Gasteiger partial charge in [-0.15, -0.1) is 0 Å². The van der Waals surface area contributed by atoms with E-state index in [1.807, 2.05) is 30.0 Å². The van der Waals surface area contributed by atoms with Gasteiger partial charge in [-0.05, 0) is 78.1 Å². The predicted octanol–water partition coefficient (Wildman–Crippen LogP) is 2.95. The van der Waals surface area contributed by atoms with Gasteiger partial charge in [0.15, 0.2) is 0 Å². The summed E-state index contributed by atoms with van der Waals surface area (Å²) >= 11 is 0. The molecular weight excluding hydrogens is 412 g/mol. The monoisotopic (exact) mass is 452 g/mol. The van der Waals surface area contributed by atoms with Crippen LogP contribution in [0, 0.1) is 6.92 Å². The van der Waals surface area contributed by atoms with E-state index in [0.717, 1.165) is 16.8 Å². The van der Waals surface area contributed by atoms with Crippen LogP contribution in [0.15, 0.2) is 18.2 Å². The summed E-state index contributed by atoms with van der Waals surface area (Å²) in [5.74, 6) is -0.408. The highest BCUT2D eigenvalue weighted by Crippen LogP contribution is 2.22. The molecule has 0 fully saturated rings. The Hall–Kier alpha value is -2.32. The first-order valence-electron chi connectivity index (χ1n) is 11.0. The zero-order valence-corrected chi connectivity index (χ0v) is 20.5. The van der Waals surface area contributed by atoms with Crippen molar-refractivity contribution in [2.75, 3.05) is 31.2 Å². The van der Waals surface area contributed by atoms with Crippen molar-refractivity contribution in [2.45, 2.75) is 78.6 Å². The van der Waals surface area contributed by atoms with Crippen LogP contribution in [0.3, 0.4) is 0 Å². The Morgan fingerprint density at radius 1 is 1.00 bits per heavy atom. The number of anilines is 1. The standard InChI is InChI=1S/C24H40N2O6/c1-17-8-9-20(26(10-12-27)11-13-28)15-18(17)14-19(16-21(29)31-23(2,3)4)25-22(30)32-24(5,6)7/h8-9,15,19,27-28H,10-14,16H2,1-7H3,(H,25,30)/t19-/m0/s1. The number of benzene rings is 1. The van der Waals surface area contributed by atoms with Crippen LogP contribution in [0.1, 0.15) is 59.1 Å². The van der Waals surface area contributed by atoms with Crippen LogP contribution < -0.4 is 10.2 Å². The average molecular weight is 453 g/mol. The molecule has 1 rings (SSSR count). The molecule has 0 aliphatic carbocycles. The Morgan fingerprint density at radius 3 is 2.06 bits per heavy atom. The number of nitrogens with zero attached hydrogens (tertiary/aromatic N) is 1. The third-order valence-corrected chi connectivity index (χ3v) is 4.46. The number of hydrogen-bond donors (Lipinski definition) is 3. The van der Waals surface area contributed by atoms with Gasteiger partial charge in [0.05, 0.1) is 19.6 Å². The van der Waals surface area contributed by atoms with Crippen LogP contribution in [0.5, 0.6) is 0 Å². The first kappa shape index (κ1) is 27.7. The summed E-state index contributed by atoms with van der Waals surface area (Å²) in [5.41, 5.74) is 1.50. The van der Waals surface area contributed by atoms with Crippen molar-refractivity contribution < 1.29 is 29.3 Å². The molecule has 1 atom stereocenters. The molecule has 0 bridgehead atoms. The molecule has 0 aromatic heterocycles. The zero-order valence-electron chi connectivity index (χ0n) is 20.5. The molecule has 0 aliphatic rings. The predicted molar refractivity (Wildman–Crippen MR) is 125 cm³/mol. The van der Waals surface area contributed by atoms with Gasteiger partial charge in [0.1, 0.15) is 11.2 Å². The van der Waals surface area contributed by atoms with Crippen molar-refractivity contribution in [3.05, 3.63) is 29.3 Å². The number of aryl methyl sites for hydroxylation is 1. The number of aliphatic hydroxyl groups excluding tert-OH is 2. The SMILES string of the molecule is Cc1ccc(N(CCO)CCO)cc1C[C@@H](CC(=O)OC(C)(C)C)NC(=O)OC(C)(C)C. The molecule has 32 heavy (non-hydrogen) atoms. The van der Waals surface area contributed by atoms with Gasteiger partial charge < -0.3 is 29.9 Å². The lowest BCUT2D eigenvalue weighted by Crippen LogP contribution is -2.42. The minimum absolute atomic E-state index is 0.00280. The first-order valence-corrected chi connectivity index (χ1v) is 11.0. The zero-order chi connectivity index (χ0) is 24.5. The third kappa shape index (κ3) is 10.8. The van der Waals surface area contributed by atoms with Crippen LogP contribution >= 0.6 is 0 Å². The fourth-order valence-electron chi connectivity index (χ4n) is 3.18. The Morgan fingerprint density at radius 2 is 1.56 bits per heavy atom. The molecule has 1 amide bonds. The Labute approximate surface area is 191 Å². The topological polar surface area (TPSA) is 108 Å². The quantitative estimate of drug-likeness (QED) is 0.468. The number of carbonyl (C=O) groups excluding carboxylic acids is 2. The van der Waals surface area contributed by atoms with E-state index in [-0.39, 0.29) is 19.6 Å². The number of hydrogen-bond acceptors (Lipinski definition) is 7. The number of esters is 1. The Balaban J connectivity index is 3.12. The maximum Gasteiger partial charge on any atom is 0.407 e. The van der Waals surface area contributed by atoms with Gasteiger partial charge in [-0.3, -0.25) is 4.79 Å². The highest BCUT2D eigenvalue weighted by atomic mass is 16.6. The fourth-order valence-corrected chi connectivity index (χ4v) is 3.18. The van der Waals surface area contributed by atoms with E-state index in [2.05, 4.69) is 5.32 Å². The molecule has 1 aromatic carbocycles. The van der Waals surface area contributed by atoms with Crippen molar-refractivity contribution >= 4 is 17.7 Å². The minimum atomic E-state index is -0.661. The molecule has 8 heteroatoms.